The number of carbonyl (C=O) groups is 1. The number of benzene rings is 2. The number of aryl methyl sites for hydroxylation is 1. The van der Waals surface area contributed by atoms with Crippen molar-refractivity contribution in [3.8, 4) is 11.1 Å². The molecule has 0 aliphatic rings. The fourth-order valence-corrected chi connectivity index (χ4v) is 3.68. The maximum Gasteiger partial charge on any atom is 0.337 e. The standard InChI is InChI=1S/C24H23NO4/c1-14-20(22(23(26)27)29-24(2,3)4)21(17-7-5-6-8-18(17)25-14)16-10-9-15-11-12-28-19(15)13-16/h5-13,22H,1-4H3,(H,26,27)/t22-/m0/s1. The number of carboxylic acids is 1. The molecule has 2 heterocycles. The SMILES string of the molecule is Cc1nc2ccccc2c(-c2ccc3ccoc3c2)c1[C@H](OC(C)(C)C)C(=O)O. The van der Waals surface area contributed by atoms with Crippen molar-refractivity contribution in [3.05, 3.63) is 66.1 Å². The van der Waals surface area contributed by atoms with Crippen LogP contribution >= 0.6 is 0 Å². The molecule has 4 aromatic rings. The van der Waals surface area contributed by atoms with Gasteiger partial charge in [0.2, 0.25) is 0 Å². The minimum atomic E-state index is -1.14. The summed E-state index contributed by atoms with van der Waals surface area (Å²) in [5.41, 5.74) is 3.80. The van der Waals surface area contributed by atoms with Gasteiger partial charge in [-0.05, 0) is 57.0 Å². The molecule has 0 aliphatic carbocycles. The van der Waals surface area contributed by atoms with Gasteiger partial charge in [0.1, 0.15) is 5.58 Å². The van der Waals surface area contributed by atoms with Gasteiger partial charge >= 0.3 is 5.97 Å². The highest BCUT2D eigenvalue weighted by Gasteiger charge is 2.32. The summed E-state index contributed by atoms with van der Waals surface area (Å²) in [5.74, 6) is -1.04. The first-order chi connectivity index (χ1) is 13.7. The Hall–Kier alpha value is -3.18. The summed E-state index contributed by atoms with van der Waals surface area (Å²) < 4.78 is 11.6. The molecule has 2 aromatic carbocycles. The van der Waals surface area contributed by atoms with Crippen LogP contribution in [0.15, 0.2) is 59.2 Å². The van der Waals surface area contributed by atoms with Crippen LogP contribution in [0.5, 0.6) is 0 Å². The van der Waals surface area contributed by atoms with E-state index in [1.807, 2.05) is 76.2 Å². The topological polar surface area (TPSA) is 72.6 Å². The lowest BCUT2D eigenvalue weighted by molar-refractivity contribution is -0.160. The van der Waals surface area contributed by atoms with Crippen molar-refractivity contribution in [1.29, 1.82) is 0 Å². The van der Waals surface area contributed by atoms with Gasteiger partial charge in [-0.2, -0.15) is 0 Å². The number of fused-ring (bicyclic) bond motifs is 2. The van der Waals surface area contributed by atoms with E-state index in [9.17, 15) is 9.90 Å². The van der Waals surface area contributed by atoms with Crippen LogP contribution in [0, 0.1) is 6.92 Å². The van der Waals surface area contributed by atoms with E-state index in [0.717, 1.165) is 33.0 Å². The molecule has 0 radical (unpaired) electrons. The van der Waals surface area contributed by atoms with Crippen LogP contribution in [0.2, 0.25) is 0 Å². The van der Waals surface area contributed by atoms with Crippen LogP contribution in [-0.4, -0.2) is 21.7 Å². The molecule has 5 nitrogen and oxygen atoms in total. The molecule has 0 bridgehead atoms. The number of furan rings is 1. The van der Waals surface area contributed by atoms with E-state index in [4.69, 9.17) is 9.15 Å². The number of hydrogen-bond donors (Lipinski definition) is 1. The largest absolute Gasteiger partial charge is 0.479 e. The molecule has 0 aliphatic heterocycles. The van der Waals surface area contributed by atoms with Crippen LogP contribution < -0.4 is 0 Å². The maximum absolute atomic E-state index is 12.2. The highest BCUT2D eigenvalue weighted by atomic mass is 16.5. The van der Waals surface area contributed by atoms with Crippen molar-refractivity contribution in [2.45, 2.75) is 39.4 Å². The number of ether oxygens (including phenoxy) is 1. The zero-order valence-corrected chi connectivity index (χ0v) is 16.9. The van der Waals surface area contributed by atoms with Gasteiger partial charge in [-0.3, -0.25) is 4.98 Å². The molecule has 29 heavy (non-hydrogen) atoms. The van der Waals surface area contributed by atoms with E-state index in [1.165, 1.54) is 0 Å². The van der Waals surface area contributed by atoms with Crippen LogP contribution in [0.25, 0.3) is 33.0 Å². The average Bonchev–Trinajstić information content (AvgIpc) is 3.12. The van der Waals surface area contributed by atoms with Crippen LogP contribution in [-0.2, 0) is 9.53 Å². The van der Waals surface area contributed by atoms with Gasteiger partial charge in [-0.15, -0.1) is 0 Å². The molecule has 2 aromatic heterocycles. The summed E-state index contributed by atoms with van der Waals surface area (Å²) in [5, 5.41) is 11.9. The van der Waals surface area contributed by atoms with E-state index in [1.54, 1.807) is 6.26 Å². The fraction of sp³-hybridized carbons (Fsp3) is 0.250. The highest BCUT2D eigenvalue weighted by Crippen LogP contribution is 2.40. The van der Waals surface area contributed by atoms with Crippen molar-refractivity contribution >= 4 is 27.8 Å². The molecule has 1 N–H and O–H groups in total. The van der Waals surface area contributed by atoms with Crippen LogP contribution in [0.1, 0.15) is 38.1 Å². The number of carboxylic acid groups (broad SMARTS) is 1. The highest BCUT2D eigenvalue weighted by molar-refractivity contribution is 6.00. The molecular formula is C24H23NO4. The molecule has 0 spiro atoms. The summed E-state index contributed by atoms with van der Waals surface area (Å²) in [6.45, 7) is 7.38. The fourth-order valence-electron chi connectivity index (χ4n) is 3.68. The Bertz CT molecular complexity index is 1220. The third-order valence-corrected chi connectivity index (χ3v) is 4.82. The Morgan fingerprint density at radius 1 is 1.14 bits per heavy atom. The summed E-state index contributed by atoms with van der Waals surface area (Å²) in [6.07, 6.45) is 0.503. The zero-order valence-electron chi connectivity index (χ0n) is 16.9. The van der Waals surface area contributed by atoms with Gasteiger partial charge in [-0.1, -0.05) is 30.3 Å². The second kappa shape index (κ2) is 7.01. The molecule has 1 atom stereocenters. The monoisotopic (exact) mass is 389 g/mol. The summed E-state index contributed by atoms with van der Waals surface area (Å²) in [4.78, 5) is 16.9. The van der Waals surface area contributed by atoms with E-state index in [0.29, 0.717) is 11.3 Å². The molecule has 5 heteroatoms. The van der Waals surface area contributed by atoms with E-state index >= 15 is 0 Å². The van der Waals surface area contributed by atoms with Crippen molar-refractivity contribution in [2.24, 2.45) is 0 Å². The van der Waals surface area contributed by atoms with E-state index in [-0.39, 0.29) is 0 Å². The van der Waals surface area contributed by atoms with Crippen molar-refractivity contribution in [1.82, 2.24) is 4.98 Å². The smallest absolute Gasteiger partial charge is 0.337 e. The number of para-hydroxylation sites is 1. The van der Waals surface area contributed by atoms with E-state index < -0.39 is 17.7 Å². The van der Waals surface area contributed by atoms with Crippen molar-refractivity contribution in [2.75, 3.05) is 0 Å². The Morgan fingerprint density at radius 3 is 2.62 bits per heavy atom. The molecule has 4 rings (SSSR count). The van der Waals surface area contributed by atoms with Gasteiger partial charge in [0.05, 0.1) is 17.4 Å². The molecule has 0 unspecified atom stereocenters. The minimum absolute atomic E-state index is 0.567. The molecule has 0 amide bonds. The zero-order chi connectivity index (χ0) is 20.8. The predicted octanol–water partition coefficient (Wildman–Crippen LogP) is 5.90. The van der Waals surface area contributed by atoms with Crippen molar-refractivity contribution < 1.29 is 19.1 Å². The van der Waals surface area contributed by atoms with E-state index in [2.05, 4.69) is 4.98 Å². The second-order valence-corrected chi connectivity index (χ2v) is 8.12. The minimum Gasteiger partial charge on any atom is -0.479 e. The molecule has 148 valence electrons. The van der Waals surface area contributed by atoms with Gasteiger partial charge in [-0.25, -0.2) is 4.79 Å². The number of aromatic nitrogens is 1. The first-order valence-electron chi connectivity index (χ1n) is 9.52. The van der Waals surface area contributed by atoms with Gasteiger partial charge in [0.25, 0.3) is 0 Å². The number of pyridine rings is 1. The lowest BCUT2D eigenvalue weighted by Gasteiger charge is -2.28. The quantitative estimate of drug-likeness (QED) is 0.471. The Kier molecular flexibility index (Phi) is 4.63. The Morgan fingerprint density at radius 2 is 1.90 bits per heavy atom. The molecular weight excluding hydrogens is 366 g/mol. The van der Waals surface area contributed by atoms with Gasteiger partial charge in [0, 0.05) is 22.0 Å². The second-order valence-electron chi connectivity index (χ2n) is 8.12. The lowest BCUT2D eigenvalue weighted by Crippen LogP contribution is -2.28. The first kappa shape index (κ1) is 19.2. The van der Waals surface area contributed by atoms with Gasteiger partial charge in [0.15, 0.2) is 6.10 Å². The summed E-state index contributed by atoms with van der Waals surface area (Å²) >= 11 is 0. The lowest BCUT2D eigenvalue weighted by atomic mass is 9.90. The number of aliphatic carboxylic acids is 1. The number of nitrogens with zero attached hydrogens (tertiary/aromatic N) is 1. The molecule has 0 fully saturated rings. The Labute approximate surface area is 168 Å². The van der Waals surface area contributed by atoms with Crippen LogP contribution in [0.4, 0.5) is 0 Å². The van der Waals surface area contributed by atoms with Gasteiger partial charge < -0.3 is 14.3 Å². The normalized spacial score (nSPS) is 13.1. The Balaban J connectivity index is 2.06. The average molecular weight is 389 g/mol. The number of hydrogen-bond acceptors (Lipinski definition) is 4. The van der Waals surface area contributed by atoms with Crippen LogP contribution in [0.3, 0.4) is 0 Å². The summed E-state index contributed by atoms with van der Waals surface area (Å²) in [7, 11) is 0. The first-order valence-corrected chi connectivity index (χ1v) is 9.52. The third-order valence-electron chi connectivity index (χ3n) is 4.82. The third kappa shape index (κ3) is 3.61. The summed E-state index contributed by atoms with van der Waals surface area (Å²) in [6, 6.07) is 15.5. The predicted molar refractivity (Wildman–Crippen MR) is 113 cm³/mol. The maximum atomic E-state index is 12.2. The van der Waals surface area contributed by atoms with Crippen molar-refractivity contribution in [3.63, 3.8) is 0 Å². The molecule has 0 saturated carbocycles. The molecule has 0 saturated heterocycles. The number of rotatable bonds is 4.